The van der Waals surface area contributed by atoms with Crippen LogP contribution < -0.4 is 11.1 Å². The number of likely N-dealkylation sites (tertiary alicyclic amines) is 1. The summed E-state index contributed by atoms with van der Waals surface area (Å²) in [5, 5.41) is 20.6. The number of aliphatic hydroxyl groups excluding tert-OH is 1. The normalized spacial score (nSPS) is 18.0. The first-order valence-corrected chi connectivity index (χ1v) is 6.78. The number of nitrogens with zero attached hydrogens (tertiary/aromatic N) is 2. The number of nitro groups is 1. The van der Waals surface area contributed by atoms with Gasteiger partial charge < -0.3 is 15.1 Å². The average molecular weight is 387 g/mol. The van der Waals surface area contributed by atoms with E-state index in [1.54, 1.807) is 0 Å². The Kier molecular flexibility index (Phi) is 4.97. The minimum absolute atomic E-state index is 0. The predicted molar refractivity (Wildman–Crippen MR) is 88.1 cm³/mol. The molecule has 0 aliphatic carbocycles. The summed E-state index contributed by atoms with van der Waals surface area (Å²) >= 11 is 0. The summed E-state index contributed by atoms with van der Waals surface area (Å²) in [4.78, 5) is 40.1. The summed E-state index contributed by atoms with van der Waals surface area (Å²) in [6, 6.07) is 2.59. The first-order valence-electron chi connectivity index (χ1n) is 6.78. The second kappa shape index (κ2) is 6.60. The maximum atomic E-state index is 11.5. The molecule has 1 unspecified atom stereocenters. The van der Waals surface area contributed by atoms with E-state index in [0.717, 1.165) is 0 Å². The highest BCUT2D eigenvalue weighted by molar-refractivity contribution is 8.93. The first-order chi connectivity index (χ1) is 10.4. The molecule has 0 spiro atoms. The highest BCUT2D eigenvalue weighted by Crippen LogP contribution is 2.24. The largest absolute Gasteiger partial charge is 0.392 e. The molecule has 1 aliphatic rings. The molecular weight excluding hydrogens is 372 g/mol. The zero-order valence-corrected chi connectivity index (χ0v) is 13.7. The Morgan fingerprint density at radius 2 is 2.00 bits per heavy atom. The Morgan fingerprint density at radius 1 is 1.30 bits per heavy atom. The van der Waals surface area contributed by atoms with Crippen LogP contribution in [-0.4, -0.2) is 44.1 Å². The lowest BCUT2D eigenvalue weighted by atomic mass is 10.1. The third-order valence-electron chi connectivity index (χ3n) is 3.75. The average Bonchev–Trinajstić information content (AvgIpc) is 2.86. The number of hydrogen-bond acceptors (Lipinski definition) is 6. The predicted octanol–water partition coefficient (Wildman–Crippen LogP) is 0.269. The van der Waals surface area contributed by atoms with Crippen molar-refractivity contribution in [2.75, 3.05) is 13.1 Å². The first kappa shape index (κ1) is 17.3. The van der Waals surface area contributed by atoms with Gasteiger partial charge in [-0.15, -0.1) is 17.0 Å². The smallest absolute Gasteiger partial charge is 0.314 e. The van der Waals surface area contributed by atoms with E-state index in [2.05, 4.69) is 9.97 Å². The Morgan fingerprint density at radius 3 is 2.61 bits per heavy atom. The van der Waals surface area contributed by atoms with Gasteiger partial charge in [0, 0.05) is 31.8 Å². The molecule has 1 saturated heterocycles. The van der Waals surface area contributed by atoms with E-state index in [-0.39, 0.29) is 28.2 Å². The zero-order chi connectivity index (χ0) is 15.9. The molecule has 2 heterocycles. The molecule has 1 aliphatic heterocycles. The van der Waals surface area contributed by atoms with Crippen molar-refractivity contribution in [3.8, 4) is 0 Å². The number of hydrogen-bond donors (Lipinski definition) is 3. The molecule has 124 valence electrons. The van der Waals surface area contributed by atoms with Gasteiger partial charge in [-0.2, -0.15) is 0 Å². The van der Waals surface area contributed by atoms with E-state index >= 15 is 0 Å². The third-order valence-corrected chi connectivity index (χ3v) is 3.75. The maximum absolute atomic E-state index is 11.5. The molecule has 3 N–H and O–H groups in total. The second-order valence-electron chi connectivity index (χ2n) is 5.37. The van der Waals surface area contributed by atoms with Crippen molar-refractivity contribution < 1.29 is 10.0 Å². The van der Waals surface area contributed by atoms with Crippen molar-refractivity contribution in [1.82, 2.24) is 14.9 Å². The maximum Gasteiger partial charge on any atom is 0.314 e. The molecule has 9 nitrogen and oxygen atoms in total. The van der Waals surface area contributed by atoms with Crippen LogP contribution >= 0.6 is 17.0 Å². The number of aromatic nitrogens is 2. The third kappa shape index (κ3) is 3.49. The lowest BCUT2D eigenvalue weighted by Crippen LogP contribution is -2.30. The number of benzene rings is 1. The van der Waals surface area contributed by atoms with Crippen molar-refractivity contribution in [1.29, 1.82) is 0 Å². The highest BCUT2D eigenvalue weighted by Gasteiger charge is 2.22. The molecule has 1 aromatic heterocycles. The van der Waals surface area contributed by atoms with Crippen LogP contribution in [-0.2, 0) is 6.54 Å². The van der Waals surface area contributed by atoms with E-state index in [0.29, 0.717) is 37.1 Å². The molecule has 0 radical (unpaired) electrons. The molecular formula is C13H15BrN4O5. The second-order valence-corrected chi connectivity index (χ2v) is 5.37. The summed E-state index contributed by atoms with van der Waals surface area (Å²) in [6.45, 7) is 1.48. The summed E-state index contributed by atoms with van der Waals surface area (Å²) in [7, 11) is 0. The van der Waals surface area contributed by atoms with Gasteiger partial charge in [0.05, 0.1) is 22.1 Å². The van der Waals surface area contributed by atoms with E-state index in [4.69, 9.17) is 0 Å². The fourth-order valence-electron chi connectivity index (χ4n) is 2.71. The lowest BCUT2D eigenvalue weighted by molar-refractivity contribution is -0.384. The molecule has 0 bridgehead atoms. The number of fused-ring (bicyclic) bond motifs is 1. The van der Waals surface area contributed by atoms with Crippen LogP contribution in [0.3, 0.4) is 0 Å². The molecule has 10 heteroatoms. The number of rotatable bonds is 3. The summed E-state index contributed by atoms with van der Waals surface area (Å²) in [6.07, 6.45) is 0.226. The van der Waals surface area contributed by atoms with Crippen LogP contribution in [0.15, 0.2) is 21.7 Å². The number of non-ortho nitro benzene ring substituents is 1. The molecule has 0 amide bonds. The van der Waals surface area contributed by atoms with Crippen molar-refractivity contribution in [3.63, 3.8) is 0 Å². The van der Waals surface area contributed by atoms with Crippen LogP contribution in [0, 0.1) is 10.1 Å². The fraction of sp³-hybridized carbons (Fsp3) is 0.385. The van der Waals surface area contributed by atoms with Gasteiger partial charge in [-0.3, -0.25) is 24.6 Å². The van der Waals surface area contributed by atoms with Gasteiger partial charge in [-0.25, -0.2) is 0 Å². The van der Waals surface area contributed by atoms with Gasteiger partial charge >= 0.3 is 11.1 Å². The molecule has 0 saturated carbocycles. The van der Waals surface area contributed by atoms with Gasteiger partial charge in [-0.1, -0.05) is 0 Å². The SMILES string of the molecule is Br.O=c1[nH]c2cc([N+](=O)[O-])cc(CN3CCC(O)C3)c2[nH]c1=O. The van der Waals surface area contributed by atoms with E-state index < -0.39 is 22.1 Å². The van der Waals surface area contributed by atoms with E-state index in [1.165, 1.54) is 12.1 Å². The number of halogens is 1. The number of aliphatic hydroxyl groups is 1. The van der Waals surface area contributed by atoms with Crippen LogP contribution in [0.4, 0.5) is 5.69 Å². The van der Waals surface area contributed by atoms with Crippen LogP contribution in [0.25, 0.3) is 11.0 Å². The summed E-state index contributed by atoms with van der Waals surface area (Å²) in [5.74, 6) is 0. The summed E-state index contributed by atoms with van der Waals surface area (Å²) in [5.41, 5.74) is -0.693. The minimum atomic E-state index is -0.851. The molecule has 1 aromatic carbocycles. The van der Waals surface area contributed by atoms with Crippen molar-refractivity contribution in [3.05, 3.63) is 48.5 Å². The standard InChI is InChI=1S/C13H14N4O5.BrH/c18-9-1-2-16(6-9)5-7-3-8(17(21)22)4-10-11(7)15-13(20)12(19)14-10;/h3-4,9,18H,1-2,5-6H2,(H,14,19)(H,15,20);1H. The summed E-state index contributed by atoms with van der Waals surface area (Å²) < 4.78 is 0. The quantitative estimate of drug-likeness (QED) is 0.394. The van der Waals surface area contributed by atoms with Crippen LogP contribution in [0.5, 0.6) is 0 Å². The highest BCUT2D eigenvalue weighted by atomic mass is 79.9. The number of aromatic amines is 2. The van der Waals surface area contributed by atoms with Gasteiger partial charge in [0.25, 0.3) is 5.69 Å². The Hall–Kier alpha value is -2.04. The van der Waals surface area contributed by atoms with Gasteiger partial charge in [0.1, 0.15) is 0 Å². The van der Waals surface area contributed by atoms with Gasteiger partial charge in [-0.05, 0) is 12.0 Å². The zero-order valence-electron chi connectivity index (χ0n) is 11.9. The Balaban J connectivity index is 0.00000192. The molecule has 1 atom stereocenters. The fourth-order valence-corrected chi connectivity index (χ4v) is 2.71. The van der Waals surface area contributed by atoms with Crippen LogP contribution in [0.2, 0.25) is 0 Å². The van der Waals surface area contributed by atoms with Gasteiger partial charge in [0.15, 0.2) is 0 Å². The van der Waals surface area contributed by atoms with Crippen LogP contribution in [0.1, 0.15) is 12.0 Å². The topological polar surface area (TPSA) is 132 Å². The number of nitrogens with one attached hydrogen (secondary N) is 2. The number of β-amino-alcohol motifs (C(OH)–C–C–N with tert-alkyl or cyclic N) is 1. The molecule has 23 heavy (non-hydrogen) atoms. The van der Waals surface area contributed by atoms with E-state index in [1.807, 2.05) is 4.90 Å². The molecule has 3 rings (SSSR count). The Labute approximate surface area is 139 Å². The van der Waals surface area contributed by atoms with Crippen molar-refractivity contribution in [2.24, 2.45) is 0 Å². The molecule has 1 fully saturated rings. The van der Waals surface area contributed by atoms with E-state index in [9.17, 15) is 24.8 Å². The number of nitro benzene ring substituents is 1. The molecule has 2 aromatic rings. The monoisotopic (exact) mass is 386 g/mol. The lowest BCUT2D eigenvalue weighted by Gasteiger charge is -2.16. The van der Waals surface area contributed by atoms with Crippen molar-refractivity contribution in [2.45, 2.75) is 19.1 Å². The number of H-pyrrole nitrogens is 2. The van der Waals surface area contributed by atoms with Gasteiger partial charge in [0.2, 0.25) is 0 Å². The minimum Gasteiger partial charge on any atom is -0.392 e. The Bertz CT molecular complexity index is 862. The van der Waals surface area contributed by atoms with Crippen molar-refractivity contribution >= 4 is 33.7 Å².